The second-order valence-corrected chi connectivity index (χ2v) is 5.71. The highest BCUT2D eigenvalue weighted by Crippen LogP contribution is 2.39. The molecule has 88 valence electrons. The van der Waals surface area contributed by atoms with Gasteiger partial charge in [-0.05, 0) is 46.0 Å². The summed E-state index contributed by atoms with van der Waals surface area (Å²) in [5, 5.41) is 9.62. The standard InChI is InChI=1S/C13H24O2/c1-12(2,15)7-6-10-13(11-14)8-4-3-5-9-13/h11,15H,3-10H2,1-2H3. The molecular formula is C13H24O2. The monoisotopic (exact) mass is 212 g/mol. The number of carbonyl (C=O) groups excluding carboxylic acids is 1. The molecule has 2 heteroatoms. The summed E-state index contributed by atoms with van der Waals surface area (Å²) < 4.78 is 0. The summed E-state index contributed by atoms with van der Waals surface area (Å²) in [6.45, 7) is 3.67. The second-order valence-electron chi connectivity index (χ2n) is 5.71. The molecule has 0 unspecified atom stereocenters. The Labute approximate surface area is 93.1 Å². The second kappa shape index (κ2) is 5.11. The van der Waals surface area contributed by atoms with Crippen LogP contribution in [0, 0.1) is 5.41 Å². The van der Waals surface area contributed by atoms with Gasteiger partial charge in [0.05, 0.1) is 5.60 Å². The Morgan fingerprint density at radius 1 is 1.27 bits per heavy atom. The molecular weight excluding hydrogens is 188 g/mol. The highest BCUT2D eigenvalue weighted by atomic mass is 16.3. The third kappa shape index (κ3) is 4.33. The van der Waals surface area contributed by atoms with E-state index in [1.54, 1.807) is 0 Å². The quantitative estimate of drug-likeness (QED) is 0.711. The molecule has 0 amide bonds. The molecule has 0 radical (unpaired) electrons. The van der Waals surface area contributed by atoms with E-state index >= 15 is 0 Å². The fraction of sp³-hybridized carbons (Fsp3) is 0.923. The van der Waals surface area contributed by atoms with Crippen LogP contribution in [0.15, 0.2) is 0 Å². The molecule has 2 nitrogen and oxygen atoms in total. The first-order valence-corrected chi connectivity index (χ1v) is 6.16. The maximum absolute atomic E-state index is 11.2. The lowest BCUT2D eigenvalue weighted by atomic mass is 9.72. The molecule has 1 aliphatic rings. The first kappa shape index (κ1) is 12.7. The Balaban J connectivity index is 2.36. The van der Waals surface area contributed by atoms with E-state index in [9.17, 15) is 9.90 Å². The molecule has 0 atom stereocenters. The number of aliphatic hydroxyl groups is 1. The number of rotatable bonds is 5. The van der Waals surface area contributed by atoms with Gasteiger partial charge in [-0.15, -0.1) is 0 Å². The highest BCUT2D eigenvalue weighted by molar-refractivity contribution is 5.59. The van der Waals surface area contributed by atoms with E-state index in [-0.39, 0.29) is 5.41 Å². The Morgan fingerprint density at radius 2 is 1.87 bits per heavy atom. The topological polar surface area (TPSA) is 37.3 Å². The zero-order valence-electron chi connectivity index (χ0n) is 10.1. The minimum absolute atomic E-state index is 0.0521. The van der Waals surface area contributed by atoms with Crippen LogP contribution in [0.4, 0.5) is 0 Å². The van der Waals surface area contributed by atoms with E-state index in [1.165, 1.54) is 25.5 Å². The predicted octanol–water partition coefficient (Wildman–Crippen LogP) is 3.08. The van der Waals surface area contributed by atoms with Gasteiger partial charge in [-0.2, -0.15) is 0 Å². The van der Waals surface area contributed by atoms with Crippen LogP contribution in [-0.4, -0.2) is 17.0 Å². The van der Waals surface area contributed by atoms with Crippen LogP contribution in [0.25, 0.3) is 0 Å². The highest BCUT2D eigenvalue weighted by Gasteiger charge is 2.31. The zero-order chi connectivity index (χ0) is 11.4. The Morgan fingerprint density at radius 3 is 2.33 bits per heavy atom. The van der Waals surface area contributed by atoms with E-state index in [0.717, 1.165) is 32.1 Å². The number of aldehydes is 1. The summed E-state index contributed by atoms with van der Waals surface area (Å²) in [5.74, 6) is 0. The lowest BCUT2D eigenvalue weighted by molar-refractivity contribution is -0.118. The molecule has 0 saturated heterocycles. The van der Waals surface area contributed by atoms with Crippen LogP contribution in [0.2, 0.25) is 0 Å². The van der Waals surface area contributed by atoms with E-state index < -0.39 is 5.60 Å². The summed E-state index contributed by atoms with van der Waals surface area (Å²) in [6, 6.07) is 0. The van der Waals surface area contributed by atoms with E-state index in [2.05, 4.69) is 0 Å². The van der Waals surface area contributed by atoms with Gasteiger partial charge >= 0.3 is 0 Å². The molecule has 1 fully saturated rings. The average molecular weight is 212 g/mol. The molecule has 1 rings (SSSR count). The number of carbonyl (C=O) groups is 1. The van der Waals surface area contributed by atoms with Crippen LogP contribution in [0.5, 0.6) is 0 Å². The van der Waals surface area contributed by atoms with Crippen molar-refractivity contribution in [1.82, 2.24) is 0 Å². The van der Waals surface area contributed by atoms with Crippen molar-refractivity contribution < 1.29 is 9.90 Å². The lowest BCUT2D eigenvalue weighted by Crippen LogP contribution is -2.27. The molecule has 1 aliphatic carbocycles. The molecule has 0 spiro atoms. The predicted molar refractivity (Wildman–Crippen MR) is 61.7 cm³/mol. The van der Waals surface area contributed by atoms with Crippen molar-refractivity contribution in [2.75, 3.05) is 0 Å². The molecule has 15 heavy (non-hydrogen) atoms. The first-order chi connectivity index (χ1) is 6.97. The smallest absolute Gasteiger partial charge is 0.126 e. The van der Waals surface area contributed by atoms with Gasteiger partial charge in [-0.1, -0.05) is 19.3 Å². The molecule has 0 aromatic carbocycles. The van der Waals surface area contributed by atoms with Crippen LogP contribution in [0.1, 0.15) is 65.2 Å². The van der Waals surface area contributed by atoms with E-state index in [1.807, 2.05) is 13.8 Å². The largest absolute Gasteiger partial charge is 0.390 e. The van der Waals surface area contributed by atoms with Crippen molar-refractivity contribution in [1.29, 1.82) is 0 Å². The Kier molecular flexibility index (Phi) is 4.32. The molecule has 1 N–H and O–H groups in total. The van der Waals surface area contributed by atoms with Gasteiger partial charge in [0, 0.05) is 5.41 Å². The van der Waals surface area contributed by atoms with Gasteiger partial charge in [0.15, 0.2) is 0 Å². The maximum Gasteiger partial charge on any atom is 0.126 e. The van der Waals surface area contributed by atoms with Crippen LogP contribution >= 0.6 is 0 Å². The number of hydrogen-bond acceptors (Lipinski definition) is 2. The summed E-state index contributed by atoms with van der Waals surface area (Å²) in [5.41, 5.74) is -0.637. The van der Waals surface area contributed by atoms with Crippen molar-refractivity contribution in [2.24, 2.45) is 5.41 Å². The van der Waals surface area contributed by atoms with Gasteiger partial charge in [0.2, 0.25) is 0 Å². The van der Waals surface area contributed by atoms with Crippen molar-refractivity contribution in [3.05, 3.63) is 0 Å². The SMILES string of the molecule is CC(C)(O)CCCC1(C=O)CCCCC1. The van der Waals surface area contributed by atoms with Crippen molar-refractivity contribution in [2.45, 2.75) is 70.8 Å². The third-order valence-corrected chi connectivity index (χ3v) is 3.56. The zero-order valence-corrected chi connectivity index (χ0v) is 10.1. The molecule has 0 heterocycles. The Bertz CT molecular complexity index is 197. The lowest BCUT2D eigenvalue weighted by Gasteiger charge is -2.32. The molecule has 0 aromatic heterocycles. The molecule has 0 aliphatic heterocycles. The minimum atomic E-state index is -0.585. The fourth-order valence-electron chi connectivity index (χ4n) is 2.56. The van der Waals surface area contributed by atoms with Gasteiger partial charge in [0.25, 0.3) is 0 Å². The Hall–Kier alpha value is -0.370. The summed E-state index contributed by atoms with van der Waals surface area (Å²) in [4.78, 5) is 11.2. The summed E-state index contributed by atoms with van der Waals surface area (Å²) in [7, 11) is 0. The number of hydrogen-bond donors (Lipinski definition) is 1. The van der Waals surface area contributed by atoms with E-state index in [4.69, 9.17) is 0 Å². The van der Waals surface area contributed by atoms with Gasteiger partial charge in [-0.25, -0.2) is 0 Å². The average Bonchev–Trinajstić information content (AvgIpc) is 2.17. The first-order valence-electron chi connectivity index (χ1n) is 6.16. The van der Waals surface area contributed by atoms with E-state index in [0.29, 0.717) is 0 Å². The minimum Gasteiger partial charge on any atom is -0.390 e. The summed E-state index contributed by atoms with van der Waals surface area (Å²) >= 11 is 0. The van der Waals surface area contributed by atoms with Gasteiger partial charge in [-0.3, -0.25) is 0 Å². The van der Waals surface area contributed by atoms with Crippen molar-refractivity contribution in [3.63, 3.8) is 0 Å². The van der Waals surface area contributed by atoms with Crippen LogP contribution in [0.3, 0.4) is 0 Å². The van der Waals surface area contributed by atoms with Crippen molar-refractivity contribution in [3.8, 4) is 0 Å². The van der Waals surface area contributed by atoms with Gasteiger partial charge in [0.1, 0.15) is 6.29 Å². The van der Waals surface area contributed by atoms with Crippen molar-refractivity contribution >= 4 is 6.29 Å². The van der Waals surface area contributed by atoms with Crippen LogP contribution < -0.4 is 0 Å². The van der Waals surface area contributed by atoms with Crippen LogP contribution in [-0.2, 0) is 4.79 Å². The third-order valence-electron chi connectivity index (χ3n) is 3.56. The normalized spacial score (nSPS) is 21.3. The molecule has 0 bridgehead atoms. The molecule has 0 aromatic rings. The van der Waals surface area contributed by atoms with Gasteiger partial charge < -0.3 is 9.90 Å². The fourth-order valence-corrected chi connectivity index (χ4v) is 2.56. The maximum atomic E-state index is 11.2. The molecule has 1 saturated carbocycles. The summed E-state index contributed by atoms with van der Waals surface area (Å²) in [6.07, 6.45) is 9.68.